The third-order valence-electron chi connectivity index (χ3n) is 2.01. The molecule has 13 heavy (non-hydrogen) atoms. The van der Waals surface area contributed by atoms with E-state index >= 15 is 0 Å². The van der Waals surface area contributed by atoms with Gasteiger partial charge in [0.1, 0.15) is 4.75 Å². The van der Waals surface area contributed by atoms with E-state index in [2.05, 4.69) is 16.5 Å². The van der Waals surface area contributed by atoms with E-state index in [0.29, 0.717) is 0 Å². The lowest BCUT2D eigenvalue weighted by molar-refractivity contribution is 0.421. The van der Waals surface area contributed by atoms with Crippen LogP contribution < -0.4 is 0 Å². The van der Waals surface area contributed by atoms with Crippen LogP contribution in [0.2, 0.25) is 0 Å². The highest BCUT2D eigenvalue weighted by atomic mass is 32.2. The van der Waals surface area contributed by atoms with E-state index in [9.17, 15) is 4.55 Å². The van der Waals surface area contributed by atoms with Crippen LogP contribution in [-0.2, 0) is 11.4 Å². The molecule has 0 spiro atoms. The molecule has 0 bridgehead atoms. The van der Waals surface area contributed by atoms with Crippen LogP contribution in [0.5, 0.6) is 0 Å². The van der Waals surface area contributed by atoms with Crippen molar-refractivity contribution in [3.05, 3.63) is 12.2 Å². The fraction of sp³-hybridized carbons (Fsp3) is 0.800. The number of allylic oxidation sites excluding steroid dienone is 1. The van der Waals surface area contributed by atoms with Gasteiger partial charge < -0.3 is 4.55 Å². The zero-order valence-corrected chi connectivity index (χ0v) is 9.56. The molecule has 0 saturated carbocycles. The molecule has 0 radical (unpaired) electrons. The highest BCUT2D eigenvalue weighted by Crippen LogP contribution is 2.21. The second-order valence-electron chi connectivity index (χ2n) is 4.36. The van der Waals surface area contributed by atoms with Crippen molar-refractivity contribution in [3.63, 3.8) is 0 Å². The Balaban J connectivity index is 2.54. The van der Waals surface area contributed by atoms with Crippen molar-refractivity contribution in [3.8, 4) is 0 Å². The van der Waals surface area contributed by atoms with E-state index in [1.165, 1.54) is 0 Å². The minimum Gasteiger partial charge on any atom is -0.597 e. The first-order chi connectivity index (χ1) is 6.02. The molecule has 1 atom stereocenters. The molecule has 1 aliphatic heterocycles. The van der Waals surface area contributed by atoms with Gasteiger partial charge in [0.25, 0.3) is 0 Å². The monoisotopic (exact) mass is 201 g/mol. The van der Waals surface area contributed by atoms with Gasteiger partial charge in [-0.1, -0.05) is 12.2 Å². The van der Waals surface area contributed by atoms with E-state index in [-0.39, 0.29) is 4.75 Å². The molecule has 0 fully saturated rings. The zero-order valence-electron chi connectivity index (χ0n) is 8.75. The van der Waals surface area contributed by atoms with Gasteiger partial charge in [0.2, 0.25) is 0 Å². The third kappa shape index (κ3) is 3.33. The van der Waals surface area contributed by atoms with Crippen LogP contribution in [0.15, 0.2) is 12.2 Å². The molecule has 3 heteroatoms. The van der Waals surface area contributed by atoms with Crippen molar-refractivity contribution in [1.29, 1.82) is 0 Å². The normalized spacial score (nSPS) is 22.8. The minimum absolute atomic E-state index is 0.127. The summed E-state index contributed by atoms with van der Waals surface area (Å²) in [5, 5.41) is 0. The Morgan fingerprint density at radius 1 is 1.31 bits per heavy atom. The highest BCUT2D eigenvalue weighted by Gasteiger charge is 2.32. The fourth-order valence-electron chi connectivity index (χ4n) is 1.32. The van der Waals surface area contributed by atoms with E-state index in [4.69, 9.17) is 0 Å². The Bertz CT molecular complexity index is 186. The Morgan fingerprint density at radius 2 is 2.00 bits per heavy atom. The summed E-state index contributed by atoms with van der Waals surface area (Å²) in [7, 11) is 0. The molecule has 0 aromatic heterocycles. The molecule has 76 valence electrons. The average Bonchev–Trinajstić information content (AvgIpc) is 2.28. The molecule has 0 saturated heterocycles. The van der Waals surface area contributed by atoms with Gasteiger partial charge in [0.05, 0.1) is 6.54 Å². The van der Waals surface area contributed by atoms with E-state index in [1.807, 2.05) is 20.8 Å². The number of hydrogen-bond donors (Lipinski definition) is 0. The zero-order chi connectivity index (χ0) is 9.90. The predicted octanol–water partition coefficient (Wildman–Crippen LogP) is 2.10. The summed E-state index contributed by atoms with van der Waals surface area (Å²) in [6.07, 6.45) is 6.55. The molecule has 2 nitrogen and oxygen atoms in total. The summed E-state index contributed by atoms with van der Waals surface area (Å²) < 4.78 is 13.9. The first-order valence-corrected chi connectivity index (χ1v) is 5.94. The summed E-state index contributed by atoms with van der Waals surface area (Å²) in [6, 6.07) is 0. The number of hydrogen-bond acceptors (Lipinski definition) is 2. The van der Waals surface area contributed by atoms with Crippen LogP contribution in [0.1, 0.15) is 33.6 Å². The summed E-state index contributed by atoms with van der Waals surface area (Å²) in [4.78, 5) is 0. The van der Waals surface area contributed by atoms with Gasteiger partial charge in [-0.05, 0) is 33.6 Å². The second-order valence-corrected chi connectivity index (χ2v) is 6.60. The summed E-state index contributed by atoms with van der Waals surface area (Å²) in [6.45, 7) is 7.87. The largest absolute Gasteiger partial charge is 0.597 e. The smallest absolute Gasteiger partial charge is 0.137 e. The van der Waals surface area contributed by atoms with E-state index in [1.54, 1.807) is 0 Å². The molecular formula is C10H19NOS. The minimum atomic E-state index is -0.853. The molecule has 0 aromatic carbocycles. The Hall–Kier alpha value is 0.0100. The quantitative estimate of drug-likeness (QED) is 0.480. The first kappa shape index (κ1) is 11.1. The van der Waals surface area contributed by atoms with Crippen molar-refractivity contribution in [1.82, 2.24) is 4.31 Å². The highest BCUT2D eigenvalue weighted by molar-refractivity contribution is 7.90. The van der Waals surface area contributed by atoms with Crippen molar-refractivity contribution in [2.24, 2.45) is 0 Å². The molecule has 0 aliphatic carbocycles. The molecule has 1 aliphatic rings. The lowest BCUT2D eigenvalue weighted by Gasteiger charge is -2.31. The summed E-state index contributed by atoms with van der Waals surface area (Å²) in [5.41, 5.74) is 0. The first-order valence-electron chi connectivity index (χ1n) is 4.84. The topological polar surface area (TPSA) is 26.3 Å². The molecular weight excluding hydrogens is 182 g/mol. The van der Waals surface area contributed by atoms with Crippen molar-refractivity contribution in [2.45, 2.75) is 38.4 Å². The summed E-state index contributed by atoms with van der Waals surface area (Å²) >= 11 is -0.853. The van der Waals surface area contributed by atoms with Crippen LogP contribution in [-0.4, -0.2) is 26.7 Å². The van der Waals surface area contributed by atoms with Gasteiger partial charge in [-0.2, -0.15) is 0 Å². The van der Waals surface area contributed by atoms with E-state index < -0.39 is 11.4 Å². The molecule has 1 rings (SSSR count). The SMILES string of the molecule is CC(C)(C)[S@+]([O-])N1CC=CCCC1. The van der Waals surface area contributed by atoms with Crippen LogP contribution >= 0.6 is 0 Å². The maximum Gasteiger partial charge on any atom is 0.137 e. The van der Waals surface area contributed by atoms with Crippen LogP contribution in [0.3, 0.4) is 0 Å². The maximum atomic E-state index is 12.0. The molecule has 1 heterocycles. The summed E-state index contributed by atoms with van der Waals surface area (Å²) in [5.74, 6) is 0. The lowest BCUT2D eigenvalue weighted by Crippen LogP contribution is -2.43. The average molecular weight is 201 g/mol. The molecule has 0 aromatic rings. The second kappa shape index (κ2) is 4.49. The van der Waals surface area contributed by atoms with Gasteiger partial charge in [0.15, 0.2) is 0 Å². The Morgan fingerprint density at radius 3 is 2.62 bits per heavy atom. The van der Waals surface area contributed by atoms with Crippen LogP contribution in [0.25, 0.3) is 0 Å². The number of rotatable bonds is 1. The molecule has 0 N–H and O–H groups in total. The van der Waals surface area contributed by atoms with E-state index in [0.717, 1.165) is 25.9 Å². The third-order valence-corrected chi connectivity index (χ3v) is 3.86. The van der Waals surface area contributed by atoms with Gasteiger partial charge in [0, 0.05) is 17.9 Å². The van der Waals surface area contributed by atoms with Gasteiger partial charge >= 0.3 is 0 Å². The maximum absolute atomic E-state index is 12.0. The Kier molecular flexibility index (Phi) is 3.83. The standard InChI is InChI=1S/C10H19NOS/c1-10(2,3)13(12)11-8-6-4-5-7-9-11/h4,6H,5,7-9H2,1-3H3/t13-/m0/s1. The van der Waals surface area contributed by atoms with Gasteiger partial charge in [-0.25, -0.2) is 0 Å². The van der Waals surface area contributed by atoms with Crippen molar-refractivity contribution in [2.75, 3.05) is 13.1 Å². The lowest BCUT2D eigenvalue weighted by atomic mass is 10.3. The molecule has 0 amide bonds. The Labute approximate surface area is 84.3 Å². The van der Waals surface area contributed by atoms with Gasteiger partial charge in [-0.3, -0.25) is 0 Å². The van der Waals surface area contributed by atoms with Crippen molar-refractivity contribution >= 4 is 11.4 Å². The van der Waals surface area contributed by atoms with Crippen LogP contribution in [0, 0.1) is 0 Å². The fourth-order valence-corrected chi connectivity index (χ4v) is 2.62. The van der Waals surface area contributed by atoms with Crippen LogP contribution in [0.4, 0.5) is 0 Å². The van der Waals surface area contributed by atoms with Crippen molar-refractivity contribution < 1.29 is 4.55 Å². The number of nitrogens with zero attached hydrogens (tertiary/aromatic N) is 1. The van der Waals surface area contributed by atoms with Gasteiger partial charge in [-0.15, -0.1) is 4.31 Å². The predicted molar refractivity (Wildman–Crippen MR) is 57.8 cm³/mol. The molecule has 0 unspecified atom stereocenters.